The van der Waals surface area contributed by atoms with Gasteiger partial charge < -0.3 is 14.7 Å². The highest BCUT2D eigenvalue weighted by atomic mass is 32.2. The first-order valence-corrected chi connectivity index (χ1v) is 12.6. The number of carbonyl (C=O) groups is 3. The van der Waals surface area contributed by atoms with Gasteiger partial charge >= 0.3 is 11.9 Å². The lowest BCUT2D eigenvalue weighted by atomic mass is 9.82. The molecular formula is C24H34N2O5S. The largest absolute Gasteiger partial charge is 0.480 e. The van der Waals surface area contributed by atoms with E-state index in [1.807, 2.05) is 30.3 Å². The number of piperidine rings is 1. The summed E-state index contributed by atoms with van der Waals surface area (Å²) in [6, 6.07) is 7.71. The van der Waals surface area contributed by atoms with Crippen LogP contribution in [0.25, 0.3) is 0 Å². The van der Waals surface area contributed by atoms with Crippen molar-refractivity contribution >= 4 is 29.6 Å². The van der Waals surface area contributed by atoms with Crippen LogP contribution in [0.2, 0.25) is 0 Å². The molecule has 176 valence electrons. The Labute approximate surface area is 194 Å². The summed E-state index contributed by atoms with van der Waals surface area (Å²) in [7, 11) is 0. The van der Waals surface area contributed by atoms with Crippen molar-refractivity contribution < 1.29 is 24.2 Å². The third kappa shape index (κ3) is 5.64. The predicted octanol–water partition coefficient (Wildman–Crippen LogP) is 2.87. The van der Waals surface area contributed by atoms with Gasteiger partial charge in [-0.15, -0.1) is 0 Å². The average Bonchev–Trinajstić information content (AvgIpc) is 3.25. The first-order chi connectivity index (χ1) is 15.4. The second-order valence-corrected chi connectivity index (χ2v) is 9.80. The minimum atomic E-state index is -0.951. The predicted molar refractivity (Wildman–Crippen MR) is 125 cm³/mol. The smallest absolute Gasteiger partial charge is 0.326 e. The monoisotopic (exact) mass is 462 g/mol. The van der Waals surface area contributed by atoms with E-state index in [1.165, 1.54) is 0 Å². The van der Waals surface area contributed by atoms with Gasteiger partial charge in [-0.2, -0.15) is 11.8 Å². The molecule has 1 amide bonds. The van der Waals surface area contributed by atoms with Crippen molar-refractivity contribution in [1.82, 2.24) is 10.2 Å². The number of carboxylic acids is 1. The van der Waals surface area contributed by atoms with Crippen LogP contribution < -0.4 is 5.32 Å². The molecule has 2 fully saturated rings. The highest BCUT2D eigenvalue weighted by Crippen LogP contribution is 2.43. The number of hydrogen-bond donors (Lipinski definition) is 2. The van der Waals surface area contributed by atoms with Gasteiger partial charge in [0, 0.05) is 5.75 Å². The van der Waals surface area contributed by atoms with E-state index in [1.54, 1.807) is 30.5 Å². The Hall–Kier alpha value is -2.06. The number of nitrogens with one attached hydrogen (secondary N) is 1. The molecule has 2 aliphatic rings. The number of amides is 1. The number of hydrogen-bond acceptors (Lipinski definition) is 6. The van der Waals surface area contributed by atoms with E-state index in [0.29, 0.717) is 19.3 Å². The Morgan fingerprint density at radius 2 is 2.03 bits per heavy atom. The fourth-order valence-corrected chi connectivity index (χ4v) is 6.34. The number of rotatable bonds is 9. The summed E-state index contributed by atoms with van der Waals surface area (Å²) < 4.78 is 5.25. The second-order valence-electron chi connectivity index (χ2n) is 8.70. The number of benzene rings is 1. The first-order valence-electron chi connectivity index (χ1n) is 11.5. The molecule has 2 N–H and O–H groups in total. The Morgan fingerprint density at radius 3 is 2.66 bits per heavy atom. The van der Waals surface area contributed by atoms with Gasteiger partial charge in [-0.3, -0.25) is 14.9 Å². The zero-order valence-corrected chi connectivity index (χ0v) is 19.7. The molecule has 0 aromatic heterocycles. The number of carboxylic acid groups (broad SMARTS) is 1. The van der Waals surface area contributed by atoms with Crippen molar-refractivity contribution in [2.24, 2.45) is 0 Å². The summed E-state index contributed by atoms with van der Waals surface area (Å²) in [6.45, 7) is 3.74. The van der Waals surface area contributed by atoms with Gasteiger partial charge in [0.05, 0.1) is 18.2 Å². The van der Waals surface area contributed by atoms with Crippen molar-refractivity contribution in [1.29, 1.82) is 0 Å². The van der Waals surface area contributed by atoms with Crippen molar-refractivity contribution in [2.75, 3.05) is 18.1 Å². The van der Waals surface area contributed by atoms with E-state index in [0.717, 1.165) is 36.3 Å². The van der Waals surface area contributed by atoms with Crippen molar-refractivity contribution in [3.05, 3.63) is 35.9 Å². The topological polar surface area (TPSA) is 95.9 Å². The van der Waals surface area contributed by atoms with Gasteiger partial charge in [0.25, 0.3) is 0 Å². The molecule has 1 aromatic carbocycles. The molecule has 2 aliphatic heterocycles. The zero-order chi connectivity index (χ0) is 23.1. The van der Waals surface area contributed by atoms with Gasteiger partial charge in [0.2, 0.25) is 5.91 Å². The normalized spacial score (nSPS) is 24.8. The number of aliphatic carboxylic acids is 1. The summed E-state index contributed by atoms with van der Waals surface area (Å²) in [4.78, 5) is 39.9. The van der Waals surface area contributed by atoms with E-state index in [9.17, 15) is 19.5 Å². The number of esters is 1. The molecule has 2 unspecified atom stereocenters. The molecule has 32 heavy (non-hydrogen) atoms. The Morgan fingerprint density at radius 1 is 1.28 bits per heavy atom. The maximum absolute atomic E-state index is 13.6. The van der Waals surface area contributed by atoms with Crippen molar-refractivity contribution in [3.63, 3.8) is 0 Å². The number of likely N-dealkylation sites (tertiary alicyclic amines) is 1. The molecule has 0 bridgehead atoms. The summed E-state index contributed by atoms with van der Waals surface area (Å²) in [5.41, 5.74) is 0.703. The van der Waals surface area contributed by atoms with Crippen LogP contribution in [0.1, 0.15) is 51.5 Å². The molecule has 1 aromatic rings. The lowest BCUT2D eigenvalue weighted by molar-refractivity contribution is -0.161. The fraction of sp³-hybridized carbons (Fsp3) is 0.625. The van der Waals surface area contributed by atoms with Gasteiger partial charge in [-0.1, -0.05) is 30.3 Å². The molecular weight excluding hydrogens is 428 g/mol. The highest BCUT2D eigenvalue weighted by molar-refractivity contribution is 7.99. The van der Waals surface area contributed by atoms with Crippen LogP contribution in [-0.4, -0.2) is 69.6 Å². The molecule has 0 radical (unpaired) electrons. The summed E-state index contributed by atoms with van der Waals surface area (Å²) in [5.74, 6) is 0.120. The molecule has 8 heteroatoms. The summed E-state index contributed by atoms with van der Waals surface area (Å²) in [6.07, 6.45) is 4.08. The van der Waals surface area contributed by atoms with Gasteiger partial charge in [0.15, 0.2) is 0 Å². The van der Waals surface area contributed by atoms with Crippen LogP contribution in [0.3, 0.4) is 0 Å². The standard InChI is InChI=1S/C24H34N2O5S/c1-3-31-23(30)19(12-11-18-8-5-4-6-9-18)25-17(2)21(27)26-20(22(28)29)10-7-13-24(26)14-15-32-16-24/h4-6,8-9,17,19-20,25H,3,7,10-16H2,1-2H3,(H,28,29)/t17-,19?,20-,24?/m0/s1. The highest BCUT2D eigenvalue weighted by Gasteiger charge is 2.51. The van der Waals surface area contributed by atoms with Crippen LogP contribution >= 0.6 is 11.8 Å². The zero-order valence-electron chi connectivity index (χ0n) is 18.9. The van der Waals surface area contributed by atoms with E-state index in [4.69, 9.17) is 4.74 Å². The Kier molecular flexibility index (Phi) is 8.59. The molecule has 2 heterocycles. The maximum atomic E-state index is 13.6. The number of ether oxygens (including phenoxy) is 1. The Balaban J connectivity index is 1.75. The second kappa shape index (κ2) is 11.2. The third-order valence-corrected chi connectivity index (χ3v) is 7.74. The number of nitrogens with zero attached hydrogens (tertiary/aromatic N) is 1. The van der Waals surface area contributed by atoms with Gasteiger partial charge in [-0.05, 0) is 63.7 Å². The van der Waals surface area contributed by atoms with Gasteiger partial charge in [-0.25, -0.2) is 4.79 Å². The minimum absolute atomic E-state index is 0.242. The van der Waals surface area contributed by atoms with Crippen LogP contribution in [0, 0.1) is 0 Å². The summed E-state index contributed by atoms with van der Waals surface area (Å²) >= 11 is 1.78. The molecule has 2 saturated heterocycles. The van der Waals surface area contributed by atoms with Crippen LogP contribution in [0.15, 0.2) is 30.3 Å². The minimum Gasteiger partial charge on any atom is -0.480 e. The third-order valence-electron chi connectivity index (χ3n) is 6.50. The molecule has 7 nitrogen and oxygen atoms in total. The molecule has 3 rings (SSSR count). The van der Waals surface area contributed by atoms with Crippen LogP contribution in [-0.2, 0) is 25.5 Å². The maximum Gasteiger partial charge on any atom is 0.326 e. The number of thioether (sulfide) groups is 1. The Bertz CT molecular complexity index is 797. The van der Waals surface area contributed by atoms with Crippen molar-refractivity contribution in [2.45, 2.75) is 76.0 Å². The number of aryl methyl sites for hydroxylation is 1. The quantitative estimate of drug-likeness (QED) is 0.545. The molecule has 0 aliphatic carbocycles. The lowest BCUT2D eigenvalue weighted by Crippen LogP contribution is -2.65. The first kappa shape index (κ1) is 24.6. The average molecular weight is 463 g/mol. The van der Waals surface area contributed by atoms with E-state index >= 15 is 0 Å². The molecule has 1 spiro atoms. The lowest BCUT2D eigenvalue weighted by Gasteiger charge is -2.49. The van der Waals surface area contributed by atoms with Crippen LogP contribution in [0.5, 0.6) is 0 Å². The van der Waals surface area contributed by atoms with E-state index in [-0.39, 0.29) is 18.5 Å². The van der Waals surface area contributed by atoms with E-state index in [2.05, 4.69) is 5.32 Å². The van der Waals surface area contributed by atoms with Crippen LogP contribution in [0.4, 0.5) is 0 Å². The van der Waals surface area contributed by atoms with Gasteiger partial charge in [0.1, 0.15) is 12.1 Å². The SMILES string of the molecule is CCOC(=O)C(CCc1ccccc1)N[C@@H](C)C(=O)N1[C@H](C(=O)O)CCCC12CCSC2. The molecule has 4 atom stereocenters. The molecule has 0 saturated carbocycles. The summed E-state index contributed by atoms with van der Waals surface area (Å²) in [5, 5.41) is 13.0. The fourth-order valence-electron chi connectivity index (χ4n) is 4.86. The number of carbonyl (C=O) groups excluding carboxylic acids is 2. The van der Waals surface area contributed by atoms with E-state index < -0.39 is 29.6 Å². The van der Waals surface area contributed by atoms with Crippen molar-refractivity contribution in [3.8, 4) is 0 Å².